The summed E-state index contributed by atoms with van der Waals surface area (Å²) in [6.45, 7) is 2.04. The van der Waals surface area contributed by atoms with Gasteiger partial charge in [-0.2, -0.15) is 5.10 Å². The van der Waals surface area contributed by atoms with E-state index in [2.05, 4.69) is 20.5 Å². The molecule has 1 unspecified atom stereocenters. The Morgan fingerprint density at radius 3 is 2.94 bits per heavy atom. The normalized spacial score (nSPS) is 12.6. The van der Waals surface area contributed by atoms with Crippen LogP contribution >= 0.6 is 0 Å². The van der Waals surface area contributed by atoms with Gasteiger partial charge in [-0.25, -0.2) is 4.98 Å². The van der Waals surface area contributed by atoms with Crippen LogP contribution in [0.2, 0.25) is 0 Å². The molecule has 0 radical (unpaired) electrons. The predicted octanol–water partition coefficient (Wildman–Crippen LogP) is 0.266. The first kappa shape index (κ1) is 11.7. The summed E-state index contributed by atoms with van der Waals surface area (Å²) in [5.74, 6) is 6.49. The molecule has 0 saturated heterocycles. The van der Waals surface area contributed by atoms with Gasteiger partial charge in [0.15, 0.2) is 0 Å². The minimum atomic E-state index is -0.00778. The number of nitrogens with zero attached hydrogens (tertiary/aromatic N) is 4. The van der Waals surface area contributed by atoms with E-state index in [0.29, 0.717) is 6.42 Å². The molecule has 0 bridgehead atoms. The van der Waals surface area contributed by atoms with Crippen LogP contribution in [0.1, 0.15) is 23.0 Å². The Balaban J connectivity index is 2.23. The highest BCUT2D eigenvalue weighted by Gasteiger charge is 2.15. The highest BCUT2D eigenvalue weighted by Crippen LogP contribution is 2.18. The zero-order valence-electron chi connectivity index (χ0n) is 9.96. The molecule has 2 aromatic heterocycles. The first-order chi connectivity index (χ1) is 8.22. The zero-order valence-corrected chi connectivity index (χ0v) is 9.96. The first-order valence-electron chi connectivity index (χ1n) is 5.42. The molecule has 0 aromatic carbocycles. The lowest BCUT2D eigenvalue weighted by atomic mass is 10.0. The predicted molar refractivity (Wildman–Crippen MR) is 63.7 cm³/mol. The third kappa shape index (κ3) is 2.48. The Morgan fingerprint density at radius 1 is 1.53 bits per heavy atom. The fourth-order valence-corrected chi connectivity index (χ4v) is 1.79. The van der Waals surface area contributed by atoms with Gasteiger partial charge in [0.2, 0.25) is 0 Å². The maximum atomic E-state index is 5.61. The number of pyridine rings is 1. The van der Waals surface area contributed by atoms with Gasteiger partial charge in [0.05, 0.1) is 6.04 Å². The summed E-state index contributed by atoms with van der Waals surface area (Å²) >= 11 is 0. The van der Waals surface area contributed by atoms with Gasteiger partial charge in [-0.05, 0) is 24.1 Å². The van der Waals surface area contributed by atoms with Crippen molar-refractivity contribution in [2.75, 3.05) is 0 Å². The number of hydrazine groups is 1. The molecule has 0 spiro atoms. The van der Waals surface area contributed by atoms with E-state index in [1.807, 2.05) is 26.2 Å². The van der Waals surface area contributed by atoms with Crippen molar-refractivity contribution < 1.29 is 0 Å². The Morgan fingerprint density at radius 2 is 2.35 bits per heavy atom. The van der Waals surface area contributed by atoms with Crippen molar-refractivity contribution in [3.63, 3.8) is 0 Å². The molecule has 2 aromatic rings. The SMILES string of the molecule is Cc1ccncc1C(Cc1ncnn1C)NN. The summed E-state index contributed by atoms with van der Waals surface area (Å²) in [5, 5.41) is 4.04. The molecule has 17 heavy (non-hydrogen) atoms. The van der Waals surface area contributed by atoms with Crippen LogP contribution in [0.3, 0.4) is 0 Å². The molecule has 0 amide bonds. The summed E-state index contributed by atoms with van der Waals surface area (Å²) < 4.78 is 1.75. The van der Waals surface area contributed by atoms with Gasteiger partial charge in [-0.3, -0.25) is 20.9 Å². The van der Waals surface area contributed by atoms with E-state index >= 15 is 0 Å². The van der Waals surface area contributed by atoms with Crippen molar-refractivity contribution in [3.8, 4) is 0 Å². The summed E-state index contributed by atoms with van der Waals surface area (Å²) in [5.41, 5.74) is 5.04. The van der Waals surface area contributed by atoms with Gasteiger partial charge in [0, 0.05) is 25.9 Å². The molecule has 2 heterocycles. The maximum absolute atomic E-state index is 5.61. The highest BCUT2D eigenvalue weighted by molar-refractivity contribution is 5.25. The van der Waals surface area contributed by atoms with Crippen LogP contribution in [0.25, 0.3) is 0 Å². The number of hydrogen-bond donors (Lipinski definition) is 2. The molecule has 0 saturated carbocycles. The lowest BCUT2D eigenvalue weighted by molar-refractivity contribution is 0.520. The van der Waals surface area contributed by atoms with Crippen LogP contribution in [0.15, 0.2) is 24.8 Å². The molecule has 0 aliphatic heterocycles. The van der Waals surface area contributed by atoms with Gasteiger partial charge in [-0.15, -0.1) is 0 Å². The minimum absolute atomic E-state index is 0.00778. The minimum Gasteiger partial charge on any atom is -0.271 e. The van der Waals surface area contributed by atoms with Gasteiger partial charge in [-0.1, -0.05) is 0 Å². The fourth-order valence-electron chi connectivity index (χ4n) is 1.79. The molecule has 6 nitrogen and oxygen atoms in total. The van der Waals surface area contributed by atoms with Crippen LogP contribution in [-0.4, -0.2) is 19.7 Å². The van der Waals surface area contributed by atoms with Crippen molar-refractivity contribution in [2.24, 2.45) is 12.9 Å². The van der Waals surface area contributed by atoms with E-state index in [-0.39, 0.29) is 6.04 Å². The molecule has 0 fully saturated rings. The second kappa shape index (κ2) is 5.03. The molecule has 1 atom stereocenters. The van der Waals surface area contributed by atoms with Crippen molar-refractivity contribution >= 4 is 0 Å². The monoisotopic (exact) mass is 232 g/mol. The first-order valence-corrected chi connectivity index (χ1v) is 5.42. The second-order valence-electron chi connectivity index (χ2n) is 3.96. The molecule has 0 aliphatic rings. The standard InChI is InChI=1S/C11H16N6/c1-8-3-4-13-6-9(8)10(16-12)5-11-14-7-15-17(11)2/h3-4,6-7,10,16H,5,12H2,1-2H3. The smallest absolute Gasteiger partial charge is 0.138 e. The summed E-state index contributed by atoms with van der Waals surface area (Å²) in [6.07, 6.45) is 5.82. The second-order valence-corrected chi connectivity index (χ2v) is 3.96. The largest absolute Gasteiger partial charge is 0.271 e. The van der Waals surface area contributed by atoms with E-state index < -0.39 is 0 Å². The Hall–Kier alpha value is -1.79. The molecule has 90 valence electrons. The van der Waals surface area contributed by atoms with Crippen molar-refractivity contribution in [1.82, 2.24) is 25.2 Å². The maximum Gasteiger partial charge on any atom is 0.138 e. The van der Waals surface area contributed by atoms with Crippen LogP contribution in [0.5, 0.6) is 0 Å². The number of aryl methyl sites for hydroxylation is 2. The van der Waals surface area contributed by atoms with E-state index in [1.165, 1.54) is 0 Å². The van der Waals surface area contributed by atoms with Crippen molar-refractivity contribution in [1.29, 1.82) is 0 Å². The number of nitrogens with two attached hydrogens (primary N) is 1. The molecular weight excluding hydrogens is 216 g/mol. The zero-order chi connectivity index (χ0) is 12.3. The molecule has 2 rings (SSSR count). The van der Waals surface area contributed by atoms with E-state index in [0.717, 1.165) is 17.0 Å². The quantitative estimate of drug-likeness (QED) is 0.584. The average molecular weight is 232 g/mol. The lowest BCUT2D eigenvalue weighted by Gasteiger charge is -2.17. The van der Waals surface area contributed by atoms with Crippen LogP contribution in [-0.2, 0) is 13.5 Å². The van der Waals surface area contributed by atoms with Crippen LogP contribution in [0, 0.1) is 6.92 Å². The topological polar surface area (TPSA) is 81.7 Å². The number of aromatic nitrogens is 4. The number of rotatable bonds is 4. The molecular formula is C11H16N6. The Bertz CT molecular complexity index is 492. The van der Waals surface area contributed by atoms with E-state index in [9.17, 15) is 0 Å². The third-order valence-electron chi connectivity index (χ3n) is 2.85. The van der Waals surface area contributed by atoms with Gasteiger partial charge < -0.3 is 0 Å². The Kier molecular flexibility index (Phi) is 3.46. The molecule has 3 N–H and O–H groups in total. The molecule has 6 heteroatoms. The van der Waals surface area contributed by atoms with Crippen LogP contribution in [0.4, 0.5) is 0 Å². The summed E-state index contributed by atoms with van der Waals surface area (Å²) in [4.78, 5) is 8.32. The number of nitrogens with one attached hydrogen (secondary N) is 1. The van der Waals surface area contributed by atoms with E-state index in [4.69, 9.17) is 5.84 Å². The van der Waals surface area contributed by atoms with Gasteiger partial charge in [0.25, 0.3) is 0 Å². The summed E-state index contributed by atoms with van der Waals surface area (Å²) in [6, 6.07) is 1.96. The van der Waals surface area contributed by atoms with Crippen molar-refractivity contribution in [2.45, 2.75) is 19.4 Å². The van der Waals surface area contributed by atoms with Crippen molar-refractivity contribution in [3.05, 3.63) is 41.7 Å². The molecule has 0 aliphatic carbocycles. The lowest BCUT2D eigenvalue weighted by Crippen LogP contribution is -2.31. The average Bonchev–Trinajstić information content (AvgIpc) is 2.73. The van der Waals surface area contributed by atoms with Gasteiger partial charge >= 0.3 is 0 Å². The summed E-state index contributed by atoms with van der Waals surface area (Å²) in [7, 11) is 1.87. The highest BCUT2D eigenvalue weighted by atomic mass is 15.3. The fraction of sp³-hybridized carbons (Fsp3) is 0.364. The van der Waals surface area contributed by atoms with Crippen LogP contribution < -0.4 is 11.3 Å². The Labute approximate surface area is 99.9 Å². The third-order valence-corrected chi connectivity index (χ3v) is 2.85. The van der Waals surface area contributed by atoms with E-state index in [1.54, 1.807) is 17.2 Å². The van der Waals surface area contributed by atoms with Gasteiger partial charge in [0.1, 0.15) is 12.2 Å². The number of hydrogen-bond acceptors (Lipinski definition) is 5.